The highest BCUT2D eigenvalue weighted by molar-refractivity contribution is 5.97. The molecular formula is C14H20N2O2. The molecule has 1 aromatic carbocycles. The minimum Gasteiger partial charge on any atom is -0.378 e. The fourth-order valence-electron chi connectivity index (χ4n) is 2.02. The highest BCUT2D eigenvalue weighted by Crippen LogP contribution is 2.18. The lowest BCUT2D eigenvalue weighted by Crippen LogP contribution is -2.51. The van der Waals surface area contributed by atoms with Gasteiger partial charge in [0, 0.05) is 19.3 Å². The lowest BCUT2D eigenvalue weighted by atomic mass is 10.1. The number of aryl methyl sites for hydroxylation is 2. The summed E-state index contributed by atoms with van der Waals surface area (Å²) in [6.45, 7) is 5.99. The average molecular weight is 248 g/mol. The zero-order chi connectivity index (χ0) is 13.1. The van der Waals surface area contributed by atoms with Crippen molar-refractivity contribution in [2.45, 2.75) is 19.9 Å². The van der Waals surface area contributed by atoms with Crippen LogP contribution in [0.1, 0.15) is 11.1 Å². The van der Waals surface area contributed by atoms with Gasteiger partial charge in [0.25, 0.3) is 0 Å². The van der Waals surface area contributed by atoms with Gasteiger partial charge in [0.2, 0.25) is 5.91 Å². The molecule has 4 heteroatoms. The highest BCUT2D eigenvalue weighted by atomic mass is 16.5. The van der Waals surface area contributed by atoms with Gasteiger partial charge in [0.05, 0.1) is 13.2 Å². The van der Waals surface area contributed by atoms with Crippen LogP contribution in [0.4, 0.5) is 5.69 Å². The first-order chi connectivity index (χ1) is 8.59. The predicted molar refractivity (Wildman–Crippen MR) is 71.9 cm³/mol. The molecule has 0 aromatic heterocycles. The number of hydrogen-bond acceptors (Lipinski definition) is 3. The molecule has 1 saturated heterocycles. The van der Waals surface area contributed by atoms with E-state index in [9.17, 15) is 4.79 Å². The van der Waals surface area contributed by atoms with Crippen LogP contribution < -0.4 is 10.2 Å². The van der Waals surface area contributed by atoms with Crippen molar-refractivity contribution in [3.05, 3.63) is 29.3 Å². The third kappa shape index (κ3) is 2.71. The number of benzene rings is 1. The molecule has 18 heavy (non-hydrogen) atoms. The summed E-state index contributed by atoms with van der Waals surface area (Å²) in [7, 11) is 1.81. The van der Waals surface area contributed by atoms with Gasteiger partial charge < -0.3 is 15.0 Å². The van der Waals surface area contributed by atoms with Gasteiger partial charge in [0.15, 0.2) is 0 Å². The van der Waals surface area contributed by atoms with Crippen LogP contribution in [-0.4, -0.2) is 38.8 Å². The third-order valence-electron chi connectivity index (χ3n) is 3.43. The summed E-state index contributed by atoms with van der Waals surface area (Å²) in [6, 6.07) is 5.82. The smallest absolute Gasteiger partial charge is 0.246 e. The minimum absolute atomic E-state index is 0.0537. The Morgan fingerprint density at radius 3 is 2.78 bits per heavy atom. The number of anilines is 1. The van der Waals surface area contributed by atoms with Gasteiger partial charge in [-0.2, -0.15) is 0 Å². The summed E-state index contributed by atoms with van der Waals surface area (Å²) < 4.78 is 5.32. The van der Waals surface area contributed by atoms with Crippen LogP contribution in [0.25, 0.3) is 0 Å². The summed E-state index contributed by atoms with van der Waals surface area (Å²) in [5.41, 5.74) is 3.36. The van der Waals surface area contributed by atoms with Crippen LogP contribution in [0, 0.1) is 13.8 Å². The Bertz CT molecular complexity index is 439. The maximum Gasteiger partial charge on any atom is 0.246 e. The molecule has 1 aliphatic heterocycles. The summed E-state index contributed by atoms with van der Waals surface area (Å²) in [4.78, 5) is 14.0. The second kappa shape index (κ2) is 5.50. The number of nitrogens with zero attached hydrogens (tertiary/aromatic N) is 1. The lowest BCUT2D eigenvalue weighted by Gasteiger charge is -2.27. The van der Waals surface area contributed by atoms with Crippen LogP contribution >= 0.6 is 0 Å². The Morgan fingerprint density at radius 1 is 1.39 bits per heavy atom. The van der Waals surface area contributed by atoms with Crippen LogP contribution in [0.15, 0.2) is 18.2 Å². The van der Waals surface area contributed by atoms with Crippen LogP contribution in [-0.2, 0) is 9.53 Å². The molecule has 1 fully saturated rings. The number of likely N-dealkylation sites (N-methyl/N-ethyl adjacent to an activating group) is 1. The van der Waals surface area contributed by atoms with Crippen LogP contribution in [0.5, 0.6) is 0 Å². The molecule has 1 unspecified atom stereocenters. The zero-order valence-corrected chi connectivity index (χ0v) is 11.2. The van der Waals surface area contributed by atoms with Gasteiger partial charge in [0.1, 0.15) is 6.04 Å². The van der Waals surface area contributed by atoms with Gasteiger partial charge in [-0.15, -0.1) is 0 Å². The molecule has 0 aliphatic carbocycles. The van der Waals surface area contributed by atoms with E-state index in [-0.39, 0.29) is 11.9 Å². The molecule has 1 N–H and O–H groups in total. The average Bonchev–Trinajstić information content (AvgIpc) is 2.41. The Morgan fingerprint density at radius 2 is 2.17 bits per heavy atom. The first kappa shape index (κ1) is 13.1. The molecule has 0 radical (unpaired) electrons. The summed E-state index contributed by atoms with van der Waals surface area (Å²) in [5.74, 6) is 0.0537. The van der Waals surface area contributed by atoms with Crippen LogP contribution in [0.2, 0.25) is 0 Å². The van der Waals surface area contributed by atoms with E-state index in [1.807, 2.05) is 25.2 Å². The van der Waals surface area contributed by atoms with Crippen molar-refractivity contribution < 1.29 is 9.53 Å². The monoisotopic (exact) mass is 248 g/mol. The normalized spacial score (nSPS) is 19.6. The second-order valence-corrected chi connectivity index (χ2v) is 4.75. The van der Waals surface area contributed by atoms with E-state index < -0.39 is 0 Å². The fraction of sp³-hybridized carbons (Fsp3) is 0.500. The number of ether oxygens (including phenoxy) is 1. The largest absolute Gasteiger partial charge is 0.378 e. The van der Waals surface area contributed by atoms with E-state index in [4.69, 9.17) is 4.74 Å². The maximum absolute atomic E-state index is 12.3. The third-order valence-corrected chi connectivity index (χ3v) is 3.43. The Labute approximate surface area is 108 Å². The molecule has 2 rings (SSSR count). The first-order valence-corrected chi connectivity index (χ1v) is 6.25. The van der Waals surface area contributed by atoms with Gasteiger partial charge in [-0.25, -0.2) is 0 Å². The van der Waals surface area contributed by atoms with E-state index in [2.05, 4.69) is 19.2 Å². The standard InChI is InChI=1S/C14H20N2O2/c1-10-4-5-12(8-11(10)2)16(3)14(17)13-9-18-7-6-15-13/h4-5,8,13,15H,6-7,9H2,1-3H3. The fourth-order valence-corrected chi connectivity index (χ4v) is 2.02. The van der Waals surface area contributed by atoms with Crippen molar-refractivity contribution in [3.63, 3.8) is 0 Å². The molecule has 98 valence electrons. The molecule has 0 spiro atoms. The van der Waals surface area contributed by atoms with Crippen molar-refractivity contribution in [3.8, 4) is 0 Å². The molecular weight excluding hydrogens is 228 g/mol. The highest BCUT2D eigenvalue weighted by Gasteiger charge is 2.25. The predicted octanol–water partition coefficient (Wildman–Crippen LogP) is 1.25. The van der Waals surface area contributed by atoms with E-state index >= 15 is 0 Å². The summed E-state index contributed by atoms with van der Waals surface area (Å²) in [6.07, 6.45) is 0. The molecule has 4 nitrogen and oxygen atoms in total. The quantitative estimate of drug-likeness (QED) is 0.856. The zero-order valence-electron chi connectivity index (χ0n) is 11.2. The van der Waals surface area contributed by atoms with Gasteiger partial charge in [-0.05, 0) is 37.1 Å². The van der Waals surface area contributed by atoms with Crippen molar-refractivity contribution in [2.24, 2.45) is 0 Å². The maximum atomic E-state index is 12.3. The molecule has 0 bridgehead atoms. The Balaban J connectivity index is 2.11. The molecule has 1 amide bonds. The van der Waals surface area contributed by atoms with Crippen molar-refractivity contribution in [1.29, 1.82) is 0 Å². The number of rotatable bonds is 2. The molecule has 0 saturated carbocycles. The molecule has 1 aliphatic rings. The topological polar surface area (TPSA) is 41.6 Å². The van der Waals surface area contributed by atoms with Gasteiger partial charge in [-0.1, -0.05) is 6.07 Å². The van der Waals surface area contributed by atoms with Crippen LogP contribution in [0.3, 0.4) is 0 Å². The van der Waals surface area contributed by atoms with E-state index in [0.29, 0.717) is 13.2 Å². The number of carbonyl (C=O) groups excluding carboxylic acids is 1. The van der Waals surface area contributed by atoms with E-state index in [1.54, 1.807) is 4.90 Å². The number of hydrogen-bond donors (Lipinski definition) is 1. The van der Waals surface area contributed by atoms with Gasteiger partial charge in [-0.3, -0.25) is 4.79 Å². The van der Waals surface area contributed by atoms with E-state index in [1.165, 1.54) is 11.1 Å². The van der Waals surface area contributed by atoms with Crippen molar-refractivity contribution in [2.75, 3.05) is 31.7 Å². The lowest BCUT2D eigenvalue weighted by molar-refractivity contribution is -0.123. The van der Waals surface area contributed by atoms with Gasteiger partial charge >= 0.3 is 0 Å². The number of carbonyl (C=O) groups is 1. The number of amides is 1. The minimum atomic E-state index is -0.231. The SMILES string of the molecule is Cc1ccc(N(C)C(=O)C2COCCN2)cc1C. The van der Waals surface area contributed by atoms with Crippen molar-refractivity contribution in [1.82, 2.24) is 5.32 Å². The van der Waals surface area contributed by atoms with E-state index in [0.717, 1.165) is 12.2 Å². The second-order valence-electron chi connectivity index (χ2n) is 4.75. The number of nitrogens with one attached hydrogen (secondary N) is 1. The van der Waals surface area contributed by atoms with Crippen molar-refractivity contribution >= 4 is 11.6 Å². The first-order valence-electron chi connectivity index (χ1n) is 6.25. The summed E-state index contributed by atoms with van der Waals surface area (Å²) >= 11 is 0. The molecule has 1 atom stereocenters. The summed E-state index contributed by atoms with van der Waals surface area (Å²) in [5, 5.41) is 3.18. The molecule has 1 heterocycles. The molecule has 1 aromatic rings. The number of morpholine rings is 1. The Hall–Kier alpha value is -1.39. The Kier molecular flexibility index (Phi) is 3.99.